The number of carbonyl (C=O) groups excluding carboxylic acids is 2. The minimum atomic E-state index is -0.869. The van der Waals surface area contributed by atoms with E-state index in [0.29, 0.717) is 62.7 Å². The van der Waals surface area contributed by atoms with E-state index in [1.807, 2.05) is 42.5 Å². The topological polar surface area (TPSA) is 141 Å². The van der Waals surface area contributed by atoms with Crippen LogP contribution in [0.15, 0.2) is 103 Å². The number of ether oxygens (including phenoxy) is 6. The van der Waals surface area contributed by atoms with Crippen molar-refractivity contribution >= 4 is 40.6 Å². The number of halogens is 1. The van der Waals surface area contributed by atoms with Crippen LogP contribution in [0.2, 0.25) is 5.02 Å². The SMILES string of the molecule is COc1cc(C2CCC(c3cc(OC)c(OC)c(OC)c3)O2)cc(NC(=O)N(O)c2ccc(Cl)cc2)c1OCCN(C(=O)c1cccnc1)c1ccccc1. The summed E-state index contributed by atoms with van der Waals surface area (Å²) in [5.41, 5.74) is 3.01. The summed E-state index contributed by atoms with van der Waals surface area (Å²) in [5, 5.41) is 14.6. The number of urea groups is 1. The Kier molecular flexibility index (Phi) is 12.6. The summed E-state index contributed by atoms with van der Waals surface area (Å²) >= 11 is 6.03. The summed E-state index contributed by atoms with van der Waals surface area (Å²) in [6.07, 6.45) is 3.70. The van der Waals surface area contributed by atoms with Gasteiger partial charge in [0.15, 0.2) is 23.0 Å². The Labute approximate surface area is 323 Å². The number of para-hydroxylation sites is 1. The lowest BCUT2D eigenvalue weighted by molar-refractivity contribution is 0.0437. The highest BCUT2D eigenvalue weighted by atomic mass is 35.5. The van der Waals surface area contributed by atoms with Gasteiger partial charge >= 0.3 is 6.03 Å². The second-order valence-electron chi connectivity index (χ2n) is 12.4. The van der Waals surface area contributed by atoms with Crippen molar-refractivity contribution in [2.24, 2.45) is 0 Å². The first kappa shape index (κ1) is 38.7. The van der Waals surface area contributed by atoms with E-state index in [4.69, 9.17) is 40.0 Å². The standard InChI is InChI=1S/C41H41ClN4O9/c1-50-35-22-27(33-16-17-34(55-33)28-23-36(51-2)39(53-4)37(24-28)52-3)21-32(44-41(48)46(49)31-14-12-29(42)13-15-31)38(35)54-20-19-45(30-10-6-5-7-11-30)40(47)26-9-8-18-43-25-26/h5-15,18,21-25,33-34,49H,16-17,19-20H2,1-4H3,(H,44,48). The predicted molar refractivity (Wildman–Crippen MR) is 207 cm³/mol. The molecule has 5 aromatic rings. The summed E-state index contributed by atoms with van der Waals surface area (Å²) in [6, 6.07) is 25.1. The number of benzene rings is 4. The zero-order chi connectivity index (χ0) is 38.9. The van der Waals surface area contributed by atoms with Crippen molar-refractivity contribution < 1.29 is 43.2 Å². The summed E-state index contributed by atoms with van der Waals surface area (Å²) in [4.78, 5) is 32.9. The molecule has 4 aromatic carbocycles. The molecule has 1 saturated heterocycles. The van der Waals surface area contributed by atoms with Crippen LogP contribution >= 0.6 is 11.6 Å². The van der Waals surface area contributed by atoms with Crippen LogP contribution in [-0.4, -0.2) is 63.7 Å². The Morgan fingerprint density at radius 3 is 2.00 bits per heavy atom. The molecule has 1 aliphatic heterocycles. The zero-order valence-electron chi connectivity index (χ0n) is 30.7. The molecule has 1 fully saturated rings. The molecule has 1 aliphatic rings. The normalized spacial score (nSPS) is 14.8. The summed E-state index contributed by atoms with van der Waals surface area (Å²) < 4.78 is 35.4. The molecule has 13 nitrogen and oxygen atoms in total. The molecule has 0 saturated carbocycles. The lowest BCUT2D eigenvalue weighted by Crippen LogP contribution is -2.35. The van der Waals surface area contributed by atoms with E-state index in [0.717, 1.165) is 5.56 Å². The van der Waals surface area contributed by atoms with E-state index in [2.05, 4.69) is 10.3 Å². The van der Waals surface area contributed by atoms with Gasteiger partial charge in [-0.05, 0) is 96.8 Å². The van der Waals surface area contributed by atoms with Crippen LogP contribution in [0.5, 0.6) is 28.7 Å². The highest BCUT2D eigenvalue weighted by Crippen LogP contribution is 2.48. The van der Waals surface area contributed by atoms with Gasteiger partial charge in [0.2, 0.25) is 5.75 Å². The molecular formula is C41H41ClN4O9. The molecule has 55 heavy (non-hydrogen) atoms. The van der Waals surface area contributed by atoms with Gasteiger partial charge in [0.25, 0.3) is 5.91 Å². The van der Waals surface area contributed by atoms with Crippen molar-refractivity contribution in [1.82, 2.24) is 4.98 Å². The van der Waals surface area contributed by atoms with Crippen molar-refractivity contribution in [3.05, 3.63) is 125 Å². The first-order chi connectivity index (χ1) is 26.7. The number of hydroxylamine groups is 1. The monoisotopic (exact) mass is 768 g/mol. The van der Waals surface area contributed by atoms with E-state index < -0.39 is 12.1 Å². The lowest BCUT2D eigenvalue weighted by atomic mass is 10.0. The van der Waals surface area contributed by atoms with Gasteiger partial charge in [-0.1, -0.05) is 29.8 Å². The van der Waals surface area contributed by atoms with Crippen molar-refractivity contribution in [1.29, 1.82) is 0 Å². The Morgan fingerprint density at radius 1 is 0.800 bits per heavy atom. The van der Waals surface area contributed by atoms with Crippen molar-refractivity contribution in [3.63, 3.8) is 0 Å². The minimum Gasteiger partial charge on any atom is -0.493 e. The number of hydrogen-bond acceptors (Lipinski definition) is 10. The largest absolute Gasteiger partial charge is 0.493 e. The molecule has 14 heteroatoms. The van der Waals surface area contributed by atoms with E-state index in [9.17, 15) is 14.8 Å². The summed E-state index contributed by atoms with van der Waals surface area (Å²) in [6.45, 7) is 0.137. The zero-order valence-corrected chi connectivity index (χ0v) is 31.5. The molecule has 2 heterocycles. The van der Waals surface area contributed by atoms with Crippen LogP contribution < -0.4 is 39.0 Å². The van der Waals surface area contributed by atoms with Crippen LogP contribution in [-0.2, 0) is 4.74 Å². The predicted octanol–water partition coefficient (Wildman–Crippen LogP) is 8.52. The van der Waals surface area contributed by atoms with Crippen LogP contribution in [0.3, 0.4) is 0 Å². The average Bonchev–Trinajstić information content (AvgIpc) is 3.73. The van der Waals surface area contributed by atoms with Crippen LogP contribution in [0.4, 0.5) is 21.9 Å². The number of anilines is 3. The van der Waals surface area contributed by atoms with Crippen LogP contribution in [0.25, 0.3) is 0 Å². The van der Waals surface area contributed by atoms with E-state index in [-0.39, 0.29) is 42.3 Å². The van der Waals surface area contributed by atoms with Gasteiger partial charge in [0, 0.05) is 23.1 Å². The fourth-order valence-electron chi connectivity index (χ4n) is 6.33. The van der Waals surface area contributed by atoms with E-state index >= 15 is 0 Å². The molecular weight excluding hydrogens is 728 g/mol. The maximum Gasteiger partial charge on any atom is 0.350 e. The maximum atomic E-state index is 13.7. The minimum absolute atomic E-state index is 0.00261. The van der Waals surface area contributed by atoms with Crippen LogP contribution in [0.1, 0.15) is 46.5 Å². The third-order valence-corrected chi connectivity index (χ3v) is 9.29. The molecule has 2 N–H and O–H groups in total. The maximum absolute atomic E-state index is 13.7. The lowest BCUT2D eigenvalue weighted by Gasteiger charge is -2.25. The highest BCUT2D eigenvalue weighted by molar-refractivity contribution is 6.30. The van der Waals surface area contributed by atoms with Gasteiger partial charge in [-0.25, -0.2) is 4.79 Å². The first-order valence-electron chi connectivity index (χ1n) is 17.4. The van der Waals surface area contributed by atoms with Gasteiger partial charge in [0.1, 0.15) is 6.61 Å². The quantitative estimate of drug-likeness (QED) is 0.0834. The smallest absolute Gasteiger partial charge is 0.350 e. The highest BCUT2D eigenvalue weighted by Gasteiger charge is 2.32. The van der Waals surface area contributed by atoms with E-state index in [1.54, 1.807) is 68.8 Å². The van der Waals surface area contributed by atoms with Crippen molar-refractivity contribution in [3.8, 4) is 28.7 Å². The van der Waals surface area contributed by atoms with Gasteiger partial charge in [-0.15, -0.1) is 0 Å². The average molecular weight is 769 g/mol. The molecule has 1 aromatic heterocycles. The molecule has 0 spiro atoms. The molecule has 0 aliphatic carbocycles. The Hall–Kier alpha value is -6.02. The molecule has 6 rings (SSSR count). The number of pyridine rings is 1. The number of amides is 3. The molecule has 3 amide bonds. The number of rotatable bonds is 14. The number of nitrogens with one attached hydrogen (secondary N) is 1. The fourth-order valence-corrected chi connectivity index (χ4v) is 6.45. The second-order valence-corrected chi connectivity index (χ2v) is 12.8. The number of methoxy groups -OCH3 is 4. The molecule has 286 valence electrons. The van der Waals surface area contributed by atoms with E-state index in [1.165, 1.54) is 25.4 Å². The Bertz CT molecular complexity index is 2060. The Balaban J connectivity index is 1.30. The molecule has 0 bridgehead atoms. The number of hydrogen-bond donors (Lipinski definition) is 2. The van der Waals surface area contributed by atoms with Gasteiger partial charge < -0.3 is 38.6 Å². The third kappa shape index (κ3) is 8.86. The molecule has 0 radical (unpaired) electrons. The van der Waals surface area contributed by atoms with Gasteiger partial charge in [-0.3, -0.25) is 15.0 Å². The van der Waals surface area contributed by atoms with Crippen molar-refractivity contribution in [2.45, 2.75) is 25.0 Å². The fraction of sp³-hybridized carbons (Fsp3) is 0.244. The molecule has 2 unspecified atom stereocenters. The summed E-state index contributed by atoms with van der Waals surface area (Å²) in [7, 11) is 6.15. The van der Waals surface area contributed by atoms with Crippen LogP contribution in [0, 0.1) is 0 Å². The number of aromatic nitrogens is 1. The first-order valence-corrected chi connectivity index (χ1v) is 17.7. The van der Waals surface area contributed by atoms with Crippen molar-refractivity contribution in [2.75, 3.05) is 56.9 Å². The van der Waals surface area contributed by atoms with Gasteiger partial charge in [-0.2, -0.15) is 5.06 Å². The number of nitrogens with zero attached hydrogens (tertiary/aromatic N) is 3. The third-order valence-electron chi connectivity index (χ3n) is 9.04. The van der Waals surface area contributed by atoms with Gasteiger partial charge in [0.05, 0.1) is 64.1 Å². The number of carbonyl (C=O) groups is 2. The second kappa shape index (κ2) is 17.9. The molecule has 2 atom stereocenters. The summed E-state index contributed by atoms with van der Waals surface area (Å²) in [5.74, 6) is 1.73. The Morgan fingerprint density at radius 2 is 1.42 bits per heavy atom.